The molecule has 0 aromatic heterocycles. The molecule has 1 saturated heterocycles. The van der Waals surface area contributed by atoms with Gasteiger partial charge in [-0.15, -0.1) is 0 Å². The summed E-state index contributed by atoms with van der Waals surface area (Å²) in [6, 6.07) is 13.6. The number of hydrogen-bond acceptors (Lipinski definition) is 5. The molecule has 2 heterocycles. The molecule has 6 heteroatoms. The second-order valence-corrected chi connectivity index (χ2v) is 7.77. The Morgan fingerprint density at radius 1 is 1.10 bits per heavy atom. The molecule has 1 amide bonds. The average Bonchev–Trinajstić information content (AvgIpc) is 3.25. The van der Waals surface area contributed by atoms with Crippen LogP contribution in [-0.4, -0.2) is 50.5 Å². The van der Waals surface area contributed by atoms with E-state index in [4.69, 9.17) is 9.47 Å². The molecule has 0 unspecified atom stereocenters. The van der Waals surface area contributed by atoms with Crippen molar-refractivity contribution < 1.29 is 19.4 Å². The number of aliphatic hydroxyl groups is 1. The predicted molar refractivity (Wildman–Crippen MR) is 112 cm³/mol. The van der Waals surface area contributed by atoms with Crippen molar-refractivity contribution in [2.24, 2.45) is 0 Å². The molecular formula is C23H28N2O4. The number of carbonyl (C=O) groups is 1. The first-order valence-electron chi connectivity index (χ1n) is 10.1. The van der Waals surface area contributed by atoms with Crippen LogP contribution in [0, 0.1) is 0 Å². The van der Waals surface area contributed by atoms with Crippen LogP contribution in [0.3, 0.4) is 0 Å². The van der Waals surface area contributed by atoms with Crippen molar-refractivity contribution >= 4 is 11.6 Å². The van der Waals surface area contributed by atoms with E-state index < -0.39 is 6.10 Å². The highest BCUT2D eigenvalue weighted by atomic mass is 16.5. The predicted octanol–water partition coefficient (Wildman–Crippen LogP) is 2.49. The van der Waals surface area contributed by atoms with Crippen molar-refractivity contribution in [2.45, 2.75) is 37.3 Å². The van der Waals surface area contributed by atoms with Gasteiger partial charge in [0, 0.05) is 24.2 Å². The fourth-order valence-electron chi connectivity index (χ4n) is 4.39. The Hall–Kier alpha value is -2.57. The summed E-state index contributed by atoms with van der Waals surface area (Å²) in [5.41, 5.74) is 2.79. The standard InChI is InChI=1S/C23H28N2O4/c1-28-18-7-5-15(6-8-18)20-13-16-12-19(29-2)9-10-21(16)25(23(27)22(20)26)14-17-4-3-11-24-17/h5-10,12,17,20,22,24,26H,3-4,11,13-14H2,1-2H3/t17-,20-,22+/m0/s1. The minimum Gasteiger partial charge on any atom is -0.497 e. The summed E-state index contributed by atoms with van der Waals surface area (Å²) in [5, 5.41) is 14.5. The highest BCUT2D eigenvalue weighted by Gasteiger charge is 2.37. The molecule has 0 aliphatic carbocycles. The van der Waals surface area contributed by atoms with Gasteiger partial charge >= 0.3 is 0 Å². The van der Waals surface area contributed by atoms with Gasteiger partial charge in [-0.05, 0) is 67.3 Å². The van der Waals surface area contributed by atoms with Gasteiger partial charge < -0.3 is 24.8 Å². The number of fused-ring (bicyclic) bond motifs is 1. The first-order chi connectivity index (χ1) is 14.1. The molecule has 4 rings (SSSR count). The van der Waals surface area contributed by atoms with Crippen LogP contribution in [-0.2, 0) is 11.2 Å². The molecule has 2 N–H and O–H groups in total. The summed E-state index contributed by atoms with van der Waals surface area (Å²) in [4.78, 5) is 15.1. The molecule has 0 spiro atoms. The van der Waals surface area contributed by atoms with Crippen LogP contribution in [0.2, 0.25) is 0 Å². The number of amides is 1. The quantitative estimate of drug-likeness (QED) is 0.813. The zero-order valence-electron chi connectivity index (χ0n) is 16.9. The van der Waals surface area contributed by atoms with Crippen molar-refractivity contribution in [1.82, 2.24) is 5.32 Å². The van der Waals surface area contributed by atoms with Gasteiger partial charge in [-0.2, -0.15) is 0 Å². The van der Waals surface area contributed by atoms with E-state index in [-0.39, 0.29) is 17.9 Å². The lowest BCUT2D eigenvalue weighted by Gasteiger charge is -2.28. The normalized spacial score (nSPS) is 24.2. The van der Waals surface area contributed by atoms with Crippen LogP contribution in [0.4, 0.5) is 5.69 Å². The van der Waals surface area contributed by atoms with E-state index in [0.29, 0.717) is 13.0 Å². The van der Waals surface area contributed by atoms with E-state index in [1.807, 2.05) is 42.5 Å². The summed E-state index contributed by atoms with van der Waals surface area (Å²) in [6.07, 6.45) is 1.59. The molecule has 154 valence electrons. The number of anilines is 1. The maximum absolute atomic E-state index is 13.3. The Labute approximate surface area is 171 Å². The van der Waals surface area contributed by atoms with Crippen LogP contribution < -0.4 is 19.7 Å². The number of benzene rings is 2. The Balaban J connectivity index is 1.72. The van der Waals surface area contributed by atoms with Crippen LogP contribution >= 0.6 is 0 Å². The minimum atomic E-state index is -1.11. The van der Waals surface area contributed by atoms with Crippen molar-refractivity contribution in [2.75, 3.05) is 32.2 Å². The largest absolute Gasteiger partial charge is 0.497 e. The zero-order chi connectivity index (χ0) is 20.4. The fourth-order valence-corrected chi connectivity index (χ4v) is 4.39. The highest BCUT2D eigenvalue weighted by molar-refractivity contribution is 5.99. The van der Waals surface area contributed by atoms with Crippen LogP contribution in [0.25, 0.3) is 0 Å². The molecule has 0 saturated carbocycles. The van der Waals surface area contributed by atoms with Gasteiger partial charge in [-0.1, -0.05) is 12.1 Å². The summed E-state index contributed by atoms with van der Waals surface area (Å²) < 4.78 is 10.7. The molecule has 6 nitrogen and oxygen atoms in total. The third kappa shape index (κ3) is 3.95. The Bertz CT molecular complexity index is 862. The molecule has 0 bridgehead atoms. The van der Waals surface area contributed by atoms with E-state index in [9.17, 15) is 9.90 Å². The zero-order valence-corrected chi connectivity index (χ0v) is 16.9. The molecule has 29 heavy (non-hydrogen) atoms. The number of aliphatic hydroxyl groups excluding tert-OH is 1. The number of hydrogen-bond donors (Lipinski definition) is 2. The van der Waals surface area contributed by atoms with Crippen molar-refractivity contribution in [1.29, 1.82) is 0 Å². The summed E-state index contributed by atoms with van der Waals surface area (Å²) in [6.45, 7) is 1.53. The number of nitrogens with one attached hydrogen (secondary N) is 1. The molecular weight excluding hydrogens is 368 g/mol. The van der Waals surface area contributed by atoms with Gasteiger partial charge in [0.25, 0.3) is 5.91 Å². The lowest BCUT2D eigenvalue weighted by Crippen LogP contribution is -2.46. The number of carbonyl (C=O) groups excluding carboxylic acids is 1. The molecule has 2 aliphatic heterocycles. The van der Waals surface area contributed by atoms with Gasteiger partial charge in [-0.25, -0.2) is 0 Å². The molecule has 1 fully saturated rings. The lowest BCUT2D eigenvalue weighted by atomic mass is 9.87. The van der Waals surface area contributed by atoms with E-state index in [0.717, 1.165) is 47.7 Å². The van der Waals surface area contributed by atoms with E-state index in [1.54, 1.807) is 19.1 Å². The van der Waals surface area contributed by atoms with Gasteiger partial charge in [0.05, 0.1) is 14.2 Å². The van der Waals surface area contributed by atoms with Crippen molar-refractivity contribution in [3.8, 4) is 11.5 Å². The third-order valence-corrected chi connectivity index (χ3v) is 6.03. The van der Waals surface area contributed by atoms with Crippen LogP contribution in [0.5, 0.6) is 11.5 Å². The van der Waals surface area contributed by atoms with Crippen molar-refractivity contribution in [3.63, 3.8) is 0 Å². The third-order valence-electron chi connectivity index (χ3n) is 6.03. The Morgan fingerprint density at radius 3 is 2.48 bits per heavy atom. The van der Waals surface area contributed by atoms with Gasteiger partial charge in [0.2, 0.25) is 0 Å². The first-order valence-corrected chi connectivity index (χ1v) is 10.1. The van der Waals surface area contributed by atoms with Gasteiger partial charge in [0.15, 0.2) is 0 Å². The number of nitrogens with zero attached hydrogens (tertiary/aromatic N) is 1. The topological polar surface area (TPSA) is 71.0 Å². The number of rotatable bonds is 5. The van der Waals surface area contributed by atoms with Crippen LogP contribution in [0.1, 0.15) is 29.9 Å². The molecule has 2 aromatic carbocycles. The first kappa shape index (κ1) is 19.7. The monoisotopic (exact) mass is 396 g/mol. The second kappa shape index (κ2) is 8.43. The van der Waals surface area contributed by atoms with Crippen LogP contribution in [0.15, 0.2) is 42.5 Å². The minimum absolute atomic E-state index is 0.247. The summed E-state index contributed by atoms with van der Waals surface area (Å²) in [5.74, 6) is 0.920. The number of methoxy groups -OCH3 is 2. The SMILES string of the molecule is COc1ccc([C@@H]2Cc3cc(OC)ccc3N(C[C@@H]3CCCN3)C(=O)[C@@H]2O)cc1. The maximum Gasteiger partial charge on any atom is 0.256 e. The molecule has 0 radical (unpaired) electrons. The average molecular weight is 396 g/mol. The van der Waals surface area contributed by atoms with E-state index >= 15 is 0 Å². The smallest absolute Gasteiger partial charge is 0.256 e. The number of ether oxygens (including phenoxy) is 2. The van der Waals surface area contributed by atoms with E-state index in [1.165, 1.54) is 0 Å². The molecule has 2 aliphatic rings. The van der Waals surface area contributed by atoms with E-state index in [2.05, 4.69) is 5.32 Å². The maximum atomic E-state index is 13.3. The summed E-state index contributed by atoms with van der Waals surface area (Å²) >= 11 is 0. The Kier molecular flexibility index (Phi) is 5.74. The summed E-state index contributed by atoms with van der Waals surface area (Å²) in [7, 11) is 3.26. The van der Waals surface area contributed by atoms with Crippen molar-refractivity contribution in [3.05, 3.63) is 53.6 Å². The lowest BCUT2D eigenvalue weighted by molar-refractivity contribution is -0.127. The second-order valence-electron chi connectivity index (χ2n) is 7.77. The Morgan fingerprint density at radius 2 is 1.83 bits per heavy atom. The van der Waals surface area contributed by atoms with Gasteiger partial charge in [0.1, 0.15) is 17.6 Å². The molecule has 2 aromatic rings. The van der Waals surface area contributed by atoms with Gasteiger partial charge in [-0.3, -0.25) is 4.79 Å². The highest BCUT2D eigenvalue weighted by Crippen LogP contribution is 2.37. The molecule has 3 atom stereocenters. The fraction of sp³-hybridized carbons (Fsp3) is 0.435.